The second kappa shape index (κ2) is 5.96. The van der Waals surface area contributed by atoms with Gasteiger partial charge in [-0.2, -0.15) is 10.4 Å². The first-order valence-electron chi connectivity index (χ1n) is 7.25. The van der Waals surface area contributed by atoms with Crippen LogP contribution in [0, 0.1) is 25.2 Å². The van der Waals surface area contributed by atoms with E-state index in [-0.39, 0.29) is 0 Å². The van der Waals surface area contributed by atoms with E-state index in [1.54, 1.807) is 0 Å². The molecule has 21 heavy (non-hydrogen) atoms. The van der Waals surface area contributed by atoms with Crippen LogP contribution in [0.1, 0.15) is 30.7 Å². The van der Waals surface area contributed by atoms with Gasteiger partial charge in [-0.05, 0) is 33.3 Å². The predicted molar refractivity (Wildman–Crippen MR) is 81.2 cm³/mol. The Labute approximate surface area is 126 Å². The summed E-state index contributed by atoms with van der Waals surface area (Å²) in [6.07, 6.45) is 0. The van der Waals surface area contributed by atoms with Crippen molar-refractivity contribution >= 4 is 5.82 Å². The van der Waals surface area contributed by atoms with E-state index in [2.05, 4.69) is 26.1 Å². The molecular formula is C15H23N5O. The van der Waals surface area contributed by atoms with Gasteiger partial charge in [0.25, 0.3) is 0 Å². The van der Waals surface area contributed by atoms with Gasteiger partial charge in [0.05, 0.1) is 11.3 Å². The van der Waals surface area contributed by atoms with E-state index in [1.807, 2.05) is 27.7 Å². The molecule has 1 aliphatic rings. The lowest BCUT2D eigenvalue weighted by molar-refractivity contribution is 0.0344. The molecule has 0 aliphatic carbocycles. The van der Waals surface area contributed by atoms with E-state index >= 15 is 0 Å². The molecule has 1 aromatic rings. The minimum atomic E-state index is -0.680. The van der Waals surface area contributed by atoms with Crippen molar-refractivity contribution in [3.8, 4) is 6.07 Å². The molecule has 2 heterocycles. The number of β-amino-alcohol motifs (C(OH)–C–C–N with tert-alkyl or cyclic N) is 1. The first kappa shape index (κ1) is 15.7. The van der Waals surface area contributed by atoms with E-state index in [0.717, 1.165) is 37.4 Å². The standard InChI is InChI=1S/C15H23N5O/c1-11-12(2)17-18-14(13(11)9-16)20-7-5-19(6-8-20)10-15(3,4)21/h21H,5-8,10H2,1-4H3. The predicted octanol–water partition coefficient (Wildman–Crippen LogP) is 0.858. The first-order chi connectivity index (χ1) is 9.81. The molecule has 0 radical (unpaired) electrons. The Morgan fingerprint density at radius 3 is 2.33 bits per heavy atom. The molecule has 1 saturated heterocycles. The summed E-state index contributed by atoms with van der Waals surface area (Å²) >= 11 is 0. The molecule has 1 aliphatic heterocycles. The molecule has 0 aromatic carbocycles. The highest BCUT2D eigenvalue weighted by Gasteiger charge is 2.25. The zero-order valence-corrected chi connectivity index (χ0v) is 13.2. The van der Waals surface area contributed by atoms with E-state index in [4.69, 9.17) is 0 Å². The van der Waals surface area contributed by atoms with E-state index in [0.29, 0.717) is 17.9 Å². The van der Waals surface area contributed by atoms with Gasteiger partial charge in [-0.15, -0.1) is 5.10 Å². The van der Waals surface area contributed by atoms with Gasteiger partial charge in [0.2, 0.25) is 0 Å². The van der Waals surface area contributed by atoms with Gasteiger partial charge in [-0.1, -0.05) is 0 Å². The van der Waals surface area contributed by atoms with Crippen molar-refractivity contribution in [2.75, 3.05) is 37.6 Å². The fourth-order valence-corrected chi connectivity index (χ4v) is 2.62. The molecule has 0 atom stereocenters. The van der Waals surface area contributed by atoms with Gasteiger partial charge >= 0.3 is 0 Å². The Hall–Kier alpha value is -1.71. The van der Waals surface area contributed by atoms with Gasteiger partial charge in [-0.25, -0.2) is 0 Å². The number of piperazine rings is 1. The lowest BCUT2D eigenvalue weighted by atomic mass is 10.1. The maximum Gasteiger partial charge on any atom is 0.169 e. The van der Waals surface area contributed by atoms with Crippen molar-refractivity contribution in [1.29, 1.82) is 5.26 Å². The van der Waals surface area contributed by atoms with Crippen LogP contribution in [0.3, 0.4) is 0 Å². The zero-order chi connectivity index (χ0) is 15.6. The van der Waals surface area contributed by atoms with Gasteiger partial charge in [0.15, 0.2) is 5.82 Å². The monoisotopic (exact) mass is 289 g/mol. The molecule has 0 amide bonds. The number of rotatable bonds is 3. The molecular weight excluding hydrogens is 266 g/mol. The van der Waals surface area contributed by atoms with Crippen LogP contribution in [-0.2, 0) is 0 Å². The number of hydrogen-bond donors (Lipinski definition) is 1. The largest absolute Gasteiger partial charge is 0.389 e. The summed E-state index contributed by atoms with van der Waals surface area (Å²) in [7, 11) is 0. The SMILES string of the molecule is Cc1nnc(N2CCN(CC(C)(C)O)CC2)c(C#N)c1C. The van der Waals surface area contributed by atoms with Crippen LogP contribution in [0.15, 0.2) is 0 Å². The minimum Gasteiger partial charge on any atom is -0.389 e. The molecule has 0 saturated carbocycles. The normalized spacial score (nSPS) is 16.9. The second-order valence-electron chi connectivity index (χ2n) is 6.30. The molecule has 114 valence electrons. The number of nitriles is 1. The van der Waals surface area contributed by atoms with Crippen LogP contribution in [0.5, 0.6) is 0 Å². The van der Waals surface area contributed by atoms with Gasteiger partial charge < -0.3 is 10.0 Å². The van der Waals surface area contributed by atoms with Crippen molar-refractivity contribution in [3.05, 3.63) is 16.8 Å². The third-order valence-electron chi connectivity index (χ3n) is 3.83. The molecule has 0 spiro atoms. The maximum absolute atomic E-state index is 9.88. The van der Waals surface area contributed by atoms with Crippen molar-refractivity contribution in [3.63, 3.8) is 0 Å². The fourth-order valence-electron chi connectivity index (χ4n) is 2.62. The third kappa shape index (κ3) is 3.69. The van der Waals surface area contributed by atoms with Crippen molar-refractivity contribution in [2.24, 2.45) is 0 Å². The number of nitrogens with zero attached hydrogens (tertiary/aromatic N) is 5. The van der Waals surface area contributed by atoms with Crippen molar-refractivity contribution in [1.82, 2.24) is 15.1 Å². The average Bonchev–Trinajstić information content (AvgIpc) is 2.41. The molecule has 0 bridgehead atoms. The zero-order valence-electron chi connectivity index (χ0n) is 13.2. The van der Waals surface area contributed by atoms with Crippen LogP contribution < -0.4 is 4.90 Å². The van der Waals surface area contributed by atoms with Gasteiger partial charge in [0.1, 0.15) is 11.6 Å². The lowest BCUT2D eigenvalue weighted by Crippen LogP contribution is -2.51. The highest BCUT2D eigenvalue weighted by atomic mass is 16.3. The van der Waals surface area contributed by atoms with Crippen LogP contribution in [0.2, 0.25) is 0 Å². The van der Waals surface area contributed by atoms with Crippen LogP contribution in [0.4, 0.5) is 5.82 Å². The number of aryl methyl sites for hydroxylation is 1. The smallest absolute Gasteiger partial charge is 0.169 e. The molecule has 1 N–H and O–H groups in total. The second-order valence-corrected chi connectivity index (χ2v) is 6.30. The highest BCUT2D eigenvalue weighted by Crippen LogP contribution is 2.22. The summed E-state index contributed by atoms with van der Waals surface area (Å²) in [6.45, 7) is 11.4. The Bertz CT molecular complexity index is 550. The molecule has 1 aromatic heterocycles. The summed E-state index contributed by atoms with van der Waals surface area (Å²) in [5.41, 5.74) is 1.65. The Morgan fingerprint density at radius 1 is 1.19 bits per heavy atom. The Balaban J connectivity index is 2.10. The van der Waals surface area contributed by atoms with Crippen LogP contribution >= 0.6 is 0 Å². The van der Waals surface area contributed by atoms with Gasteiger partial charge in [-0.3, -0.25) is 4.90 Å². The lowest BCUT2D eigenvalue weighted by Gasteiger charge is -2.37. The summed E-state index contributed by atoms with van der Waals surface area (Å²) in [5, 5.41) is 27.6. The summed E-state index contributed by atoms with van der Waals surface area (Å²) in [4.78, 5) is 4.34. The number of hydrogen-bond acceptors (Lipinski definition) is 6. The Kier molecular flexibility index (Phi) is 4.45. The van der Waals surface area contributed by atoms with Crippen LogP contribution in [0.25, 0.3) is 0 Å². The minimum absolute atomic E-state index is 0.624. The Morgan fingerprint density at radius 2 is 1.81 bits per heavy atom. The number of aromatic nitrogens is 2. The first-order valence-corrected chi connectivity index (χ1v) is 7.25. The highest BCUT2D eigenvalue weighted by molar-refractivity contribution is 5.57. The molecule has 2 rings (SSSR count). The molecule has 6 heteroatoms. The number of aliphatic hydroxyl groups is 1. The maximum atomic E-state index is 9.88. The summed E-state index contributed by atoms with van der Waals surface area (Å²) in [6, 6.07) is 2.25. The molecule has 6 nitrogen and oxygen atoms in total. The quantitative estimate of drug-likeness (QED) is 0.889. The van der Waals surface area contributed by atoms with Crippen molar-refractivity contribution < 1.29 is 5.11 Å². The number of anilines is 1. The summed E-state index contributed by atoms with van der Waals surface area (Å²) < 4.78 is 0. The average molecular weight is 289 g/mol. The van der Waals surface area contributed by atoms with Gasteiger partial charge in [0, 0.05) is 32.7 Å². The van der Waals surface area contributed by atoms with E-state index in [9.17, 15) is 10.4 Å². The fraction of sp³-hybridized carbons (Fsp3) is 0.667. The third-order valence-corrected chi connectivity index (χ3v) is 3.83. The molecule has 0 unspecified atom stereocenters. The van der Waals surface area contributed by atoms with E-state index < -0.39 is 5.60 Å². The van der Waals surface area contributed by atoms with Crippen LogP contribution in [-0.4, -0.2) is 58.5 Å². The summed E-state index contributed by atoms with van der Waals surface area (Å²) in [5.74, 6) is 0.684. The topological polar surface area (TPSA) is 76.3 Å². The van der Waals surface area contributed by atoms with E-state index in [1.165, 1.54) is 0 Å². The molecule has 1 fully saturated rings. The van der Waals surface area contributed by atoms with Crippen molar-refractivity contribution in [2.45, 2.75) is 33.3 Å².